The summed E-state index contributed by atoms with van der Waals surface area (Å²) in [6.07, 6.45) is 2.91. The molecule has 0 saturated heterocycles. The van der Waals surface area contributed by atoms with Crippen LogP contribution in [-0.4, -0.2) is 47.3 Å². The van der Waals surface area contributed by atoms with E-state index in [0.717, 1.165) is 0 Å². The molecular weight excluding hydrogens is 392 g/mol. The molecule has 0 aliphatic carbocycles. The van der Waals surface area contributed by atoms with Gasteiger partial charge in [-0.15, -0.1) is 0 Å². The van der Waals surface area contributed by atoms with Crippen LogP contribution in [0, 0.1) is 0 Å². The number of esters is 2. The molecule has 0 bridgehead atoms. The van der Waals surface area contributed by atoms with Crippen LogP contribution in [0.4, 0.5) is 0 Å². The number of carboxylic acids is 2. The Morgan fingerprint density at radius 1 is 0.700 bits per heavy atom. The number of carbonyl (C=O) groups excluding carboxylic acids is 2. The van der Waals surface area contributed by atoms with Crippen LogP contribution in [0.15, 0.2) is 73.8 Å². The molecule has 156 valence electrons. The highest BCUT2D eigenvalue weighted by atomic mass is 16.5. The minimum Gasteiger partial charge on any atom is -0.478 e. The molecule has 0 aliphatic rings. The molecule has 0 amide bonds. The molecular formula is C22H20O8. The summed E-state index contributed by atoms with van der Waals surface area (Å²) in [4.78, 5) is 44.1. The maximum atomic E-state index is 11.7. The van der Waals surface area contributed by atoms with Crippen LogP contribution in [0.5, 0.6) is 0 Å². The molecule has 30 heavy (non-hydrogen) atoms. The normalized spacial score (nSPS) is 9.33. The second-order valence-electron chi connectivity index (χ2n) is 5.51. The molecule has 8 nitrogen and oxygen atoms in total. The fraction of sp³-hybridized carbons (Fsp3) is 0.0909. The summed E-state index contributed by atoms with van der Waals surface area (Å²) in [7, 11) is 0. The van der Waals surface area contributed by atoms with E-state index in [1.165, 1.54) is 48.6 Å². The van der Waals surface area contributed by atoms with Crippen molar-refractivity contribution in [1.29, 1.82) is 0 Å². The largest absolute Gasteiger partial charge is 0.478 e. The summed E-state index contributed by atoms with van der Waals surface area (Å²) in [6.45, 7) is 7.07. The Morgan fingerprint density at radius 3 is 1.30 bits per heavy atom. The lowest BCUT2D eigenvalue weighted by Gasteiger charge is -2.07. The standard InChI is InChI=1S/C14H14O4.C8H6O4/c1-3-9-17-13(15)11-7-5-6-8-12(11)14(16)18-10-4-2;9-7(10)5-1-2-6(4-3-5)8(11)12/h3-8H,1-2,9-10H2;1-4H,(H,9,10)(H,11,12). The first kappa shape index (κ1) is 23.8. The highest BCUT2D eigenvalue weighted by molar-refractivity contribution is 6.03. The highest BCUT2D eigenvalue weighted by Crippen LogP contribution is 2.12. The molecule has 2 aromatic carbocycles. The number of ether oxygens (including phenoxy) is 2. The number of hydrogen-bond donors (Lipinski definition) is 2. The summed E-state index contributed by atoms with van der Waals surface area (Å²) in [5, 5.41) is 16.9. The minimum atomic E-state index is -1.06. The van der Waals surface area contributed by atoms with Gasteiger partial charge >= 0.3 is 23.9 Å². The second-order valence-corrected chi connectivity index (χ2v) is 5.51. The van der Waals surface area contributed by atoms with Crippen LogP contribution in [0.2, 0.25) is 0 Å². The molecule has 2 N–H and O–H groups in total. The molecule has 0 saturated carbocycles. The van der Waals surface area contributed by atoms with Gasteiger partial charge in [0.2, 0.25) is 0 Å². The van der Waals surface area contributed by atoms with Gasteiger partial charge in [0, 0.05) is 0 Å². The average Bonchev–Trinajstić information content (AvgIpc) is 2.76. The smallest absolute Gasteiger partial charge is 0.339 e. The molecule has 0 spiro atoms. The topological polar surface area (TPSA) is 127 Å². The van der Waals surface area contributed by atoms with Gasteiger partial charge in [-0.2, -0.15) is 0 Å². The predicted octanol–water partition coefficient (Wildman–Crippen LogP) is 3.46. The first-order chi connectivity index (χ1) is 14.3. The number of carbonyl (C=O) groups is 4. The first-order valence-corrected chi connectivity index (χ1v) is 8.53. The Kier molecular flexibility index (Phi) is 9.77. The number of rotatable bonds is 8. The molecule has 0 radical (unpaired) electrons. The second kappa shape index (κ2) is 12.3. The molecule has 8 heteroatoms. The maximum Gasteiger partial charge on any atom is 0.339 e. The first-order valence-electron chi connectivity index (χ1n) is 8.53. The Morgan fingerprint density at radius 2 is 1.03 bits per heavy atom. The van der Waals surface area contributed by atoms with Gasteiger partial charge in [-0.25, -0.2) is 19.2 Å². The maximum absolute atomic E-state index is 11.7. The molecule has 0 aliphatic heterocycles. The highest BCUT2D eigenvalue weighted by Gasteiger charge is 2.18. The molecule has 0 aromatic heterocycles. The Labute approximate surface area is 172 Å². The predicted molar refractivity (Wildman–Crippen MR) is 108 cm³/mol. The zero-order chi connectivity index (χ0) is 22.5. The van der Waals surface area contributed by atoms with Crippen LogP contribution in [0.1, 0.15) is 41.4 Å². The number of aromatic carboxylic acids is 2. The zero-order valence-electron chi connectivity index (χ0n) is 15.9. The third-order valence-electron chi connectivity index (χ3n) is 3.41. The average molecular weight is 412 g/mol. The van der Waals surface area contributed by atoms with Crippen molar-refractivity contribution in [2.75, 3.05) is 13.2 Å². The van der Waals surface area contributed by atoms with E-state index >= 15 is 0 Å². The van der Waals surface area contributed by atoms with Crippen LogP contribution in [-0.2, 0) is 9.47 Å². The van der Waals surface area contributed by atoms with Gasteiger partial charge in [0.15, 0.2) is 0 Å². The van der Waals surface area contributed by atoms with Gasteiger partial charge in [-0.3, -0.25) is 0 Å². The van der Waals surface area contributed by atoms with Crippen LogP contribution >= 0.6 is 0 Å². The third kappa shape index (κ3) is 7.43. The van der Waals surface area contributed by atoms with E-state index in [0.29, 0.717) is 0 Å². The van der Waals surface area contributed by atoms with Gasteiger partial charge < -0.3 is 19.7 Å². The van der Waals surface area contributed by atoms with E-state index in [2.05, 4.69) is 13.2 Å². The van der Waals surface area contributed by atoms with Crippen molar-refractivity contribution in [1.82, 2.24) is 0 Å². The third-order valence-corrected chi connectivity index (χ3v) is 3.41. The molecule has 2 rings (SSSR count). The summed E-state index contributed by atoms with van der Waals surface area (Å²) < 4.78 is 9.78. The van der Waals surface area contributed by atoms with E-state index in [9.17, 15) is 19.2 Å². The Hall–Kier alpha value is -4.20. The molecule has 2 aromatic rings. The SMILES string of the molecule is C=CCOC(=O)c1ccccc1C(=O)OCC=C.O=C(O)c1ccc(C(=O)O)cc1. The fourth-order valence-corrected chi connectivity index (χ4v) is 2.02. The number of benzene rings is 2. The van der Waals surface area contributed by atoms with Gasteiger partial charge in [0.1, 0.15) is 13.2 Å². The monoisotopic (exact) mass is 412 g/mol. The zero-order valence-corrected chi connectivity index (χ0v) is 15.9. The van der Waals surface area contributed by atoms with Crippen molar-refractivity contribution < 1.29 is 38.9 Å². The molecule has 0 fully saturated rings. The molecule has 0 unspecified atom stereocenters. The summed E-state index contributed by atoms with van der Waals surface area (Å²) in [6, 6.07) is 11.3. The van der Waals surface area contributed by atoms with Crippen molar-refractivity contribution >= 4 is 23.9 Å². The fourth-order valence-electron chi connectivity index (χ4n) is 2.02. The van der Waals surface area contributed by atoms with Crippen molar-refractivity contribution in [2.24, 2.45) is 0 Å². The van der Waals surface area contributed by atoms with E-state index in [-0.39, 0.29) is 35.5 Å². The van der Waals surface area contributed by atoms with Crippen LogP contribution < -0.4 is 0 Å². The molecule has 0 heterocycles. The Bertz CT molecular complexity index is 852. The van der Waals surface area contributed by atoms with Gasteiger partial charge in [-0.05, 0) is 36.4 Å². The minimum absolute atomic E-state index is 0.0833. The lowest BCUT2D eigenvalue weighted by Crippen LogP contribution is -2.14. The van der Waals surface area contributed by atoms with Crippen molar-refractivity contribution in [2.45, 2.75) is 0 Å². The van der Waals surface area contributed by atoms with Crippen molar-refractivity contribution in [3.05, 3.63) is 96.1 Å². The lowest BCUT2D eigenvalue weighted by atomic mass is 10.1. The number of carboxylic acid groups (broad SMARTS) is 2. The number of hydrogen-bond acceptors (Lipinski definition) is 6. The Balaban J connectivity index is 0.000000325. The van der Waals surface area contributed by atoms with Gasteiger partial charge in [0.05, 0.1) is 22.3 Å². The van der Waals surface area contributed by atoms with E-state index in [1.54, 1.807) is 12.1 Å². The quantitative estimate of drug-likeness (QED) is 0.498. The molecule has 0 atom stereocenters. The lowest BCUT2D eigenvalue weighted by molar-refractivity contribution is 0.0503. The van der Waals surface area contributed by atoms with Crippen LogP contribution in [0.25, 0.3) is 0 Å². The van der Waals surface area contributed by atoms with Crippen molar-refractivity contribution in [3.63, 3.8) is 0 Å². The van der Waals surface area contributed by atoms with Gasteiger partial charge in [0.25, 0.3) is 0 Å². The summed E-state index contributed by atoms with van der Waals surface area (Å²) in [5.74, 6) is -3.29. The summed E-state index contributed by atoms with van der Waals surface area (Å²) >= 11 is 0. The summed E-state index contributed by atoms with van der Waals surface area (Å²) in [5.41, 5.74) is 0.516. The van der Waals surface area contributed by atoms with Crippen LogP contribution in [0.3, 0.4) is 0 Å². The van der Waals surface area contributed by atoms with E-state index in [1.807, 2.05) is 0 Å². The van der Waals surface area contributed by atoms with E-state index in [4.69, 9.17) is 19.7 Å². The van der Waals surface area contributed by atoms with Gasteiger partial charge in [-0.1, -0.05) is 37.4 Å². The van der Waals surface area contributed by atoms with Crippen molar-refractivity contribution in [3.8, 4) is 0 Å². The van der Waals surface area contributed by atoms with E-state index < -0.39 is 23.9 Å².